The van der Waals surface area contributed by atoms with Crippen LogP contribution in [0.2, 0.25) is 0 Å². The molecule has 146 valence electrons. The maximum absolute atomic E-state index is 13.0. The Morgan fingerprint density at radius 2 is 1.69 bits per heavy atom. The van der Waals surface area contributed by atoms with Gasteiger partial charge in [-0.25, -0.2) is 0 Å². The highest BCUT2D eigenvalue weighted by atomic mass is 19.4. The molecular formula is C18H26F3N3O2. The smallest absolute Gasteiger partial charge is 0.355 e. The van der Waals surface area contributed by atoms with Crippen LogP contribution in [0.15, 0.2) is 24.3 Å². The zero-order valence-corrected chi connectivity index (χ0v) is 15.2. The average Bonchev–Trinajstić information content (AvgIpc) is 2.57. The number of likely N-dealkylation sites (N-methyl/N-ethyl adjacent to an activating group) is 1. The standard InChI is InChI=1S/C18H26F3N3O2/c1-3-5-8-11-22-16(25)12-24(4-2)13-17(26)23-15-10-7-6-9-14(15)18(19,20)21/h6-7,9-10H,3-5,8,11-13H2,1-2H3,(H,22,25)(H,23,26). The maximum atomic E-state index is 13.0. The first-order valence-corrected chi connectivity index (χ1v) is 8.73. The van der Waals surface area contributed by atoms with E-state index >= 15 is 0 Å². The largest absolute Gasteiger partial charge is 0.418 e. The SMILES string of the molecule is CCCCCNC(=O)CN(CC)CC(=O)Nc1ccccc1C(F)(F)F. The molecule has 0 aromatic heterocycles. The minimum Gasteiger partial charge on any atom is -0.355 e. The van der Waals surface area contributed by atoms with Crippen LogP contribution in [0.5, 0.6) is 0 Å². The summed E-state index contributed by atoms with van der Waals surface area (Å²) in [5, 5.41) is 5.06. The minimum absolute atomic E-state index is 0.0248. The molecule has 0 heterocycles. The van der Waals surface area contributed by atoms with E-state index in [1.165, 1.54) is 18.2 Å². The third-order valence-electron chi connectivity index (χ3n) is 3.79. The summed E-state index contributed by atoms with van der Waals surface area (Å²) in [7, 11) is 0. The minimum atomic E-state index is -4.55. The molecule has 1 aromatic rings. The second-order valence-electron chi connectivity index (χ2n) is 5.95. The van der Waals surface area contributed by atoms with Gasteiger partial charge in [-0.2, -0.15) is 13.2 Å². The van der Waals surface area contributed by atoms with E-state index in [9.17, 15) is 22.8 Å². The lowest BCUT2D eigenvalue weighted by atomic mass is 10.1. The number of unbranched alkanes of at least 4 members (excludes halogenated alkanes) is 2. The van der Waals surface area contributed by atoms with Gasteiger partial charge in [0.25, 0.3) is 0 Å². The van der Waals surface area contributed by atoms with Crippen LogP contribution >= 0.6 is 0 Å². The summed E-state index contributed by atoms with van der Waals surface area (Å²) in [6, 6.07) is 4.81. The van der Waals surface area contributed by atoms with Crippen molar-refractivity contribution < 1.29 is 22.8 Å². The number of halogens is 3. The fourth-order valence-electron chi connectivity index (χ4n) is 2.37. The molecule has 0 atom stereocenters. The second kappa shape index (κ2) is 10.8. The molecule has 0 saturated carbocycles. The van der Waals surface area contributed by atoms with Crippen LogP contribution in [0.3, 0.4) is 0 Å². The molecule has 1 rings (SSSR count). The van der Waals surface area contributed by atoms with Gasteiger partial charge in [0.1, 0.15) is 0 Å². The average molecular weight is 373 g/mol. The van der Waals surface area contributed by atoms with Crippen molar-refractivity contribution in [2.45, 2.75) is 39.3 Å². The Hall–Kier alpha value is -2.09. The first-order valence-electron chi connectivity index (χ1n) is 8.73. The van der Waals surface area contributed by atoms with Crippen LogP contribution in [-0.2, 0) is 15.8 Å². The van der Waals surface area contributed by atoms with Crippen molar-refractivity contribution in [3.8, 4) is 0 Å². The number of anilines is 1. The monoisotopic (exact) mass is 373 g/mol. The third kappa shape index (κ3) is 7.86. The molecule has 0 unspecified atom stereocenters. The number of benzene rings is 1. The van der Waals surface area contributed by atoms with Crippen molar-refractivity contribution in [3.05, 3.63) is 29.8 Å². The summed E-state index contributed by atoms with van der Waals surface area (Å²) in [6.07, 6.45) is -1.58. The first kappa shape index (κ1) is 22.0. The van der Waals surface area contributed by atoms with E-state index in [0.717, 1.165) is 25.3 Å². The van der Waals surface area contributed by atoms with E-state index in [4.69, 9.17) is 0 Å². The van der Waals surface area contributed by atoms with Gasteiger partial charge in [-0.05, 0) is 25.1 Å². The van der Waals surface area contributed by atoms with Crippen molar-refractivity contribution in [1.82, 2.24) is 10.2 Å². The molecule has 0 aliphatic carbocycles. The normalized spacial score (nSPS) is 11.5. The topological polar surface area (TPSA) is 61.4 Å². The fourth-order valence-corrected chi connectivity index (χ4v) is 2.37. The number of carbonyl (C=O) groups is 2. The van der Waals surface area contributed by atoms with Gasteiger partial charge in [-0.15, -0.1) is 0 Å². The molecular weight excluding hydrogens is 347 g/mol. The predicted octanol–water partition coefficient (Wildman–Crippen LogP) is 3.27. The lowest BCUT2D eigenvalue weighted by Gasteiger charge is -2.20. The Morgan fingerprint density at radius 1 is 1.04 bits per heavy atom. The van der Waals surface area contributed by atoms with E-state index in [1.807, 2.05) is 0 Å². The maximum Gasteiger partial charge on any atom is 0.418 e. The van der Waals surface area contributed by atoms with Crippen molar-refractivity contribution in [3.63, 3.8) is 0 Å². The number of rotatable bonds is 10. The number of alkyl halides is 3. The van der Waals surface area contributed by atoms with Gasteiger partial charge in [0.2, 0.25) is 11.8 Å². The lowest BCUT2D eigenvalue weighted by Crippen LogP contribution is -2.41. The highest BCUT2D eigenvalue weighted by Gasteiger charge is 2.33. The van der Waals surface area contributed by atoms with Crippen molar-refractivity contribution >= 4 is 17.5 Å². The van der Waals surface area contributed by atoms with Crippen molar-refractivity contribution in [2.24, 2.45) is 0 Å². The number of hydrogen-bond acceptors (Lipinski definition) is 3. The first-order chi connectivity index (χ1) is 12.3. The zero-order valence-electron chi connectivity index (χ0n) is 15.2. The molecule has 0 saturated heterocycles. The Kier molecular flexibility index (Phi) is 9.12. The van der Waals surface area contributed by atoms with Crippen LogP contribution in [0, 0.1) is 0 Å². The molecule has 2 N–H and O–H groups in total. The van der Waals surface area contributed by atoms with Crippen LogP contribution in [0.1, 0.15) is 38.7 Å². The molecule has 0 fully saturated rings. The number of nitrogens with one attached hydrogen (secondary N) is 2. The molecule has 2 amide bonds. The Morgan fingerprint density at radius 3 is 2.31 bits per heavy atom. The third-order valence-corrected chi connectivity index (χ3v) is 3.79. The quantitative estimate of drug-likeness (QED) is 0.619. The number of amides is 2. The highest BCUT2D eigenvalue weighted by Crippen LogP contribution is 2.34. The Labute approximate surface area is 151 Å². The molecule has 26 heavy (non-hydrogen) atoms. The van der Waals surface area contributed by atoms with Crippen molar-refractivity contribution in [2.75, 3.05) is 31.5 Å². The van der Waals surface area contributed by atoms with E-state index in [1.54, 1.807) is 11.8 Å². The summed E-state index contributed by atoms with van der Waals surface area (Å²) in [6.45, 7) is 4.71. The Balaban J connectivity index is 2.56. The summed E-state index contributed by atoms with van der Waals surface area (Å²) in [5.74, 6) is -0.797. The molecule has 0 aliphatic rings. The molecule has 0 aliphatic heterocycles. The zero-order chi connectivity index (χ0) is 19.6. The van der Waals surface area contributed by atoms with Gasteiger partial charge in [0, 0.05) is 6.54 Å². The summed E-state index contributed by atoms with van der Waals surface area (Å²) < 4.78 is 38.9. The highest BCUT2D eigenvalue weighted by molar-refractivity contribution is 5.93. The van der Waals surface area contributed by atoms with Gasteiger partial charge in [0.15, 0.2) is 0 Å². The van der Waals surface area contributed by atoms with E-state index in [2.05, 4.69) is 17.6 Å². The van der Waals surface area contributed by atoms with Gasteiger partial charge in [-0.3, -0.25) is 14.5 Å². The van der Waals surface area contributed by atoms with E-state index < -0.39 is 17.6 Å². The lowest BCUT2D eigenvalue weighted by molar-refractivity contribution is -0.137. The summed E-state index contributed by atoms with van der Waals surface area (Å²) in [4.78, 5) is 25.5. The van der Waals surface area contributed by atoms with Crippen molar-refractivity contribution in [1.29, 1.82) is 0 Å². The van der Waals surface area contributed by atoms with Crippen LogP contribution in [0.4, 0.5) is 18.9 Å². The number of para-hydroxylation sites is 1. The number of hydrogen-bond donors (Lipinski definition) is 2. The van der Waals surface area contributed by atoms with Gasteiger partial charge >= 0.3 is 6.18 Å². The van der Waals surface area contributed by atoms with Gasteiger partial charge in [0.05, 0.1) is 24.3 Å². The second-order valence-corrected chi connectivity index (χ2v) is 5.95. The van der Waals surface area contributed by atoms with Crippen LogP contribution in [-0.4, -0.2) is 42.9 Å². The summed E-state index contributed by atoms with van der Waals surface area (Å²) in [5.41, 5.74) is -1.19. The molecule has 5 nitrogen and oxygen atoms in total. The number of carbonyl (C=O) groups excluding carboxylic acids is 2. The van der Waals surface area contributed by atoms with Crippen LogP contribution in [0.25, 0.3) is 0 Å². The van der Waals surface area contributed by atoms with Gasteiger partial charge in [-0.1, -0.05) is 38.8 Å². The molecule has 1 aromatic carbocycles. The molecule has 0 radical (unpaired) electrons. The van der Waals surface area contributed by atoms with E-state index in [0.29, 0.717) is 13.1 Å². The Bertz CT molecular complexity index is 591. The predicted molar refractivity (Wildman–Crippen MR) is 94.7 cm³/mol. The van der Waals surface area contributed by atoms with E-state index in [-0.39, 0.29) is 24.7 Å². The summed E-state index contributed by atoms with van der Waals surface area (Å²) >= 11 is 0. The number of nitrogens with zero attached hydrogens (tertiary/aromatic N) is 1. The van der Waals surface area contributed by atoms with Gasteiger partial charge < -0.3 is 10.6 Å². The molecule has 0 spiro atoms. The molecule has 8 heteroatoms. The van der Waals surface area contributed by atoms with Crippen LogP contribution < -0.4 is 10.6 Å². The fraction of sp³-hybridized carbons (Fsp3) is 0.556. The molecule has 0 bridgehead atoms.